The maximum Gasteiger partial charge on any atom is 0.220 e. The molecule has 0 bridgehead atoms. The molecule has 0 aromatic heterocycles. The molecule has 76 heavy (non-hydrogen) atoms. The Labute approximate surface area is 466 Å². The van der Waals surface area contributed by atoms with E-state index in [1.165, 1.54) is 167 Å². The second kappa shape index (κ2) is 55.4. The number of ether oxygens (including phenoxy) is 2. The van der Waals surface area contributed by atoms with Crippen molar-refractivity contribution in [1.29, 1.82) is 0 Å². The molecule has 7 unspecified atom stereocenters. The topological polar surface area (TPSA) is 149 Å². The molecule has 0 saturated carbocycles. The SMILES string of the molecule is CC/C=C\C/C=C\C/C=C\C/C=C\C/C=C\C/C=C\CCCCCCCCCCCCCCCCCCCCCCC(=O)NC(COC1OC(CO)C(O)C(O)C1O)C(O)/C=C/CC/C=C/CCCCCCCCCC. The highest BCUT2D eigenvalue weighted by molar-refractivity contribution is 5.76. The van der Waals surface area contributed by atoms with E-state index in [0.717, 1.165) is 77.0 Å². The lowest BCUT2D eigenvalue weighted by molar-refractivity contribution is -0.302. The van der Waals surface area contributed by atoms with Crippen LogP contribution in [0.15, 0.2) is 97.2 Å². The molecule has 9 heteroatoms. The number of hydrogen-bond acceptors (Lipinski definition) is 8. The van der Waals surface area contributed by atoms with E-state index >= 15 is 0 Å². The van der Waals surface area contributed by atoms with Gasteiger partial charge < -0.3 is 40.3 Å². The molecule has 1 saturated heterocycles. The molecule has 1 fully saturated rings. The van der Waals surface area contributed by atoms with Crippen LogP contribution in [0.5, 0.6) is 0 Å². The third kappa shape index (κ3) is 44.0. The van der Waals surface area contributed by atoms with Crippen molar-refractivity contribution in [1.82, 2.24) is 5.32 Å². The first-order valence-corrected chi connectivity index (χ1v) is 31.5. The van der Waals surface area contributed by atoms with Crippen molar-refractivity contribution < 1.29 is 39.8 Å². The van der Waals surface area contributed by atoms with Crippen LogP contribution in [-0.2, 0) is 14.3 Å². The quantitative estimate of drug-likeness (QED) is 0.0261. The monoisotopic (exact) mass is 1060 g/mol. The van der Waals surface area contributed by atoms with E-state index in [1.54, 1.807) is 6.08 Å². The summed E-state index contributed by atoms with van der Waals surface area (Å²) in [6.45, 7) is 3.64. The number of aliphatic hydroxyl groups excluding tert-OH is 5. The number of unbranched alkanes of at least 4 members (excludes halogenated alkanes) is 29. The molecule has 0 aromatic rings. The van der Waals surface area contributed by atoms with Crippen LogP contribution in [0.2, 0.25) is 0 Å². The zero-order chi connectivity index (χ0) is 55.0. The predicted octanol–water partition coefficient (Wildman–Crippen LogP) is 16.4. The number of carbonyl (C=O) groups excluding carboxylic acids is 1. The zero-order valence-corrected chi connectivity index (χ0v) is 48.7. The lowest BCUT2D eigenvalue weighted by Gasteiger charge is -2.40. The summed E-state index contributed by atoms with van der Waals surface area (Å²) in [6.07, 6.45) is 73.6. The number of rotatable bonds is 53. The Morgan fingerprint density at radius 3 is 1.26 bits per heavy atom. The van der Waals surface area contributed by atoms with Gasteiger partial charge in [-0.3, -0.25) is 4.79 Å². The number of allylic oxidation sites excluding steroid dienone is 15. The van der Waals surface area contributed by atoms with Gasteiger partial charge in [-0.2, -0.15) is 0 Å². The number of nitrogens with one attached hydrogen (secondary N) is 1. The first-order valence-electron chi connectivity index (χ1n) is 31.5. The molecule has 7 atom stereocenters. The van der Waals surface area contributed by atoms with E-state index in [-0.39, 0.29) is 12.5 Å². The van der Waals surface area contributed by atoms with E-state index in [1.807, 2.05) is 6.08 Å². The maximum atomic E-state index is 13.1. The maximum absolute atomic E-state index is 13.1. The minimum Gasteiger partial charge on any atom is -0.394 e. The second-order valence-corrected chi connectivity index (χ2v) is 21.5. The number of aliphatic hydroxyl groups is 5. The van der Waals surface area contributed by atoms with Crippen molar-refractivity contribution >= 4 is 5.91 Å². The largest absolute Gasteiger partial charge is 0.394 e. The summed E-state index contributed by atoms with van der Waals surface area (Å²) in [6, 6.07) is -0.824. The Bertz CT molecular complexity index is 1510. The van der Waals surface area contributed by atoms with Crippen molar-refractivity contribution in [2.75, 3.05) is 13.2 Å². The summed E-state index contributed by atoms with van der Waals surface area (Å²) in [5.41, 5.74) is 0. The number of hydrogen-bond donors (Lipinski definition) is 6. The molecule has 0 aromatic carbocycles. The molecular weight excluding hydrogens is 947 g/mol. The van der Waals surface area contributed by atoms with E-state index in [2.05, 4.69) is 104 Å². The van der Waals surface area contributed by atoms with Crippen LogP contribution < -0.4 is 5.32 Å². The summed E-state index contributed by atoms with van der Waals surface area (Å²) in [4.78, 5) is 13.1. The fourth-order valence-corrected chi connectivity index (χ4v) is 9.47. The molecular formula is C67H117NO8. The van der Waals surface area contributed by atoms with Crippen molar-refractivity contribution in [2.45, 2.75) is 307 Å². The summed E-state index contributed by atoms with van der Waals surface area (Å²) in [5.74, 6) is -0.187. The van der Waals surface area contributed by atoms with Crippen LogP contribution in [0, 0.1) is 0 Å². The van der Waals surface area contributed by atoms with Crippen LogP contribution in [0.1, 0.15) is 264 Å². The Hall–Kier alpha value is -2.89. The average molecular weight is 1060 g/mol. The van der Waals surface area contributed by atoms with Crippen LogP contribution >= 0.6 is 0 Å². The Morgan fingerprint density at radius 2 is 0.829 bits per heavy atom. The summed E-state index contributed by atoms with van der Waals surface area (Å²) < 4.78 is 11.2. The van der Waals surface area contributed by atoms with Gasteiger partial charge in [0.05, 0.1) is 25.4 Å². The normalized spacial score (nSPS) is 19.5. The van der Waals surface area contributed by atoms with Gasteiger partial charge in [-0.05, 0) is 83.5 Å². The molecule has 9 nitrogen and oxygen atoms in total. The van der Waals surface area contributed by atoms with Gasteiger partial charge in [-0.25, -0.2) is 0 Å². The third-order valence-electron chi connectivity index (χ3n) is 14.4. The molecule has 438 valence electrons. The predicted molar refractivity (Wildman–Crippen MR) is 322 cm³/mol. The molecule has 0 radical (unpaired) electrons. The van der Waals surface area contributed by atoms with E-state index < -0.39 is 49.5 Å². The Kier molecular flexibility index (Phi) is 51.9. The third-order valence-corrected chi connectivity index (χ3v) is 14.4. The lowest BCUT2D eigenvalue weighted by atomic mass is 9.99. The van der Waals surface area contributed by atoms with Gasteiger partial charge in [0.1, 0.15) is 24.4 Å². The van der Waals surface area contributed by atoms with Crippen molar-refractivity contribution in [3.8, 4) is 0 Å². The molecule has 0 spiro atoms. The average Bonchev–Trinajstić information content (AvgIpc) is 3.42. The van der Waals surface area contributed by atoms with Crippen LogP contribution in [0.25, 0.3) is 0 Å². The van der Waals surface area contributed by atoms with Gasteiger partial charge in [-0.1, -0.05) is 272 Å². The van der Waals surface area contributed by atoms with Gasteiger partial charge in [0.25, 0.3) is 0 Å². The van der Waals surface area contributed by atoms with E-state index in [4.69, 9.17) is 9.47 Å². The van der Waals surface area contributed by atoms with Crippen LogP contribution in [-0.4, -0.2) is 87.5 Å². The van der Waals surface area contributed by atoms with Gasteiger partial charge in [0, 0.05) is 6.42 Å². The fraction of sp³-hybridized carbons (Fsp3) is 0.746. The van der Waals surface area contributed by atoms with E-state index in [9.17, 15) is 30.3 Å². The minimum atomic E-state index is -1.57. The molecule has 0 aliphatic carbocycles. The highest BCUT2D eigenvalue weighted by Crippen LogP contribution is 2.23. The Balaban J connectivity index is 2.08. The fourth-order valence-electron chi connectivity index (χ4n) is 9.47. The highest BCUT2D eigenvalue weighted by atomic mass is 16.7. The highest BCUT2D eigenvalue weighted by Gasteiger charge is 2.44. The number of carbonyl (C=O) groups is 1. The molecule has 1 heterocycles. The Morgan fingerprint density at radius 1 is 0.461 bits per heavy atom. The first kappa shape index (κ1) is 71.1. The van der Waals surface area contributed by atoms with Gasteiger partial charge in [0.2, 0.25) is 5.91 Å². The van der Waals surface area contributed by atoms with Gasteiger partial charge in [-0.15, -0.1) is 0 Å². The molecule has 1 amide bonds. The standard InChI is InChI=1S/C67H117NO8/c1-3-5-7-9-11-13-15-17-19-20-21-22-23-24-25-26-27-28-29-30-31-32-33-34-35-36-37-38-39-40-41-42-43-45-47-49-51-53-55-57-63(71)68-60(59-75-67-66(74)65(73)64(72)62(58-69)76-67)61(70)56-54-52-50-48-46-44-18-16-14-12-10-8-6-4-2/h5,7,11,13,17,19,21-22,24-25,27-28,46,48,54,56,60-62,64-67,69-70,72-74H,3-4,6,8-10,12,14-16,18,20,23,26,29-45,47,49-53,55,57-59H2,1-2H3,(H,68,71)/b7-5-,13-11-,19-17-,22-21-,25-24-,28-27-,48-46+,56-54+. The van der Waals surface area contributed by atoms with Crippen molar-refractivity contribution in [3.05, 3.63) is 97.2 Å². The number of amides is 1. The van der Waals surface area contributed by atoms with Crippen molar-refractivity contribution in [2.24, 2.45) is 0 Å². The van der Waals surface area contributed by atoms with Crippen molar-refractivity contribution in [3.63, 3.8) is 0 Å². The zero-order valence-electron chi connectivity index (χ0n) is 48.7. The smallest absolute Gasteiger partial charge is 0.220 e. The second-order valence-electron chi connectivity index (χ2n) is 21.5. The lowest BCUT2D eigenvalue weighted by Crippen LogP contribution is -2.60. The van der Waals surface area contributed by atoms with Crippen LogP contribution in [0.4, 0.5) is 0 Å². The summed E-state index contributed by atoms with van der Waals surface area (Å²) >= 11 is 0. The van der Waals surface area contributed by atoms with Crippen LogP contribution in [0.3, 0.4) is 0 Å². The molecule has 1 rings (SSSR count). The molecule has 1 aliphatic rings. The molecule has 6 N–H and O–H groups in total. The minimum absolute atomic E-state index is 0.187. The van der Waals surface area contributed by atoms with Gasteiger partial charge in [0.15, 0.2) is 6.29 Å². The first-order chi connectivity index (χ1) is 37.3. The molecule has 1 aliphatic heterocycles. The summed E-state index contributed by atoms with van der Waals surface area (Å²) in [5, 5.41) is 54.4. The van der Waals surface area contributed by atoms with Gasteiger partial charge >= 0.3 is 0 Å². The summed E-state index contributed by atoms with van der Waals surface area (Å²) in [7, 11) is 0. The van der Waals surface area contributed by atoms with E-state index in [0.29, 0.717) is 6.42 Å².